The fourth-order valence-electron chi connectivity index (χ4n) is 3.11. The first-order valence-corrected chi connectivity index (χ1v) is 8.99. The Morgan fingerprint density at radius 1 is 1.07 bits per heavy atom. The van der Waals surface area contributed by atoms with Crippen LogP contribution < -0.4 is 10.1 Å². The molecule has 2 heterocycles. The van der Waals surface area contributed by atoms with Crippen molar-refractivity contribution in [2.75, 3.05) is 40.3 Å². The molecule has 0 unspecified atom stereocenters. The van der Waals surface area contributed by atoms with E-state index in [1.54, 1.807) is 7.11 Å². The fraction of sp³-hybridized carbons (Fsp3) is 0.400. The van der Waals surface area contributed by atoms with Crippen molar-refractivity contribution >= 4 is 29.9 Å². The van der Waals surface area contributed by atoms with Crippen molar-refractivity contribution in [2.45, 2.75) is 13.1 Å². The van der Waals surface area contributed by atoms with Crippen LogP contribution in [0.1, 0.15) is 11.1 Å². The molecule has 0 aliphatic carbocycles. The number of nitrogens with one attached hydrogen (secondary N) is 1. The van der Waals surface area contributed by atoms with Crippen LogP contribution in [0.5, 0.6) is 5.88 Å². The molecule has 1 N–H and O–H groups in total. The van der Waals surface area contributed by atoms with Crippen LogP contribution in [0.25, 0.3) is 0 Å². The number of hydrogen-bond acceptors (Lipinski definition) is 4. The maximum absolute atomic E-state index is 5.10. The molecule has 6 nitrogen and oxygen atoms in total. The standard InChI is InChI=1S/C20H27N5O.HI/c1-21-20(23-15-18-8-9-19(26-2)22-14-18)25-12-10-24(11-13-25)16-17-6-4-3-5-7-17;/h3-9,14H,10-13,15-16H2,1-2H3,(H,21,23);1H. The molecule has 1 aromatic carbocycles. The minimum atomic E-state index is 0. The summed E-state index contributed by atoms with van der Waals surface area (Å²) in [6.07, 6.45) is 1.83. The van der Waals surface area contributed by atoms with Gasteiger partial charge in [-0.3, -0.25) is 9.89 Å². The molecule has 0 amide bonds. The van der Waals surface area contributed by atoms with E-state index < -0.39 is 0 Å². The smallest absolute Gasteiger partial charge is 0.212 e. The van der Waals surface area contributed by atoms with E-state index in [2.05, 4.69) is 55.4 Å². The molecule has 7 heteroatoms. The van der Waals surface area contributed by atoms with Crippen LogP contribution in [0.15, 0.2) is 53.7 Å². The summed E-state index contributed by atoms with van der Waals surface area (Å²) in [5, 5.41) is 3.43. The lowest BCUT2D eigenvalue weighted by atomic mass is 10.2. The first kappa shape index (κ1) is 21.4. The van der Waals surface area contributed by atoms with E-state index in [1.165, 1.54) is 5.56 Å². The predicted octanol–water partition coefficient (Wildman–Crippen LogP) is 2.60. The number of nitrogens with zero attached hydrogens (tertiary/aromatic N) is 4. The maximum Gasteiger partial charge on any atom is 0.212 e. The predicted molar refractivity (Wildman–Crippen MR) is 120 cm³/mol. The van der Waals surface area contributed by atoms with Gasteiger partial charge in [0.2, 0.25) is 5.88 Å². The average Bonchev–Trinajstić information content (AvgIpc) is 2.71. The molecular formula is C20H28IN5O. The molecule has 3 rings (SSSR count). The highest BCUT2D eigenvalue weighted by Crippen LogP contribution is 2.09. The Hall–Kier alpha value is -1.87. The summed E-state index contributed by atoms with van der Waals surface area (Å²) in [5.41, 5.74) is 2.48. The van der Waals surface area contributed by atoms with E-state index in [0.29, 0.717) is 12.4 Å². The summed E-state index contributed by atoms with van der Waals surface area (Å²) in [7, 11) is 3.46. The number of pyridine rings is 1. The van der Waals surface area contributed by atoms with Crippen molar-refractivity contribution < 1.29 is 4.74 Å². The number of aliphatic imine (C=N–C) groups is 1. The summed E-state index contributed by atoms with van der Waals surface area (Å²) in [5.74, 6) is 1.58. The van der Waals surface area contributed by atoms with E-state index in [1.807, 2.05) is 25.4 Å². The van der Waals surface area contributed by atoms with Gasteiger partial charge in [0.05, 0.1) is 7.11 Å². The van der Waals surface area contributed by atoms with Crippen LogP contribution in [0.3, 0.4) is 0 Å². The molecule has 1 aliphatic heterocycles. The number of ether oxygens (including phenoxy) is 1. The largest absolute Gasteiger partial charge is 0.481 e. The third-order valence-corrected chi connectivity index (χ3v) is 4.59. The minimum Gasteiger partial charge on any atom is -0.481 e. The topological polar surface area (TPSA) is 53.0 Å². The Labute approximate surface area is 178 Å². The van der Waals surface area contributed by atoms with E-state index in [0.717, 1.165) is 44.2 Å². The number of aromatic nitrogens is 1. The van der Waals surface area contributed by atoms with Crippen molar-refractivity contribution in [1.82, 2.24) is 20.1 Å². The van der Waals surface area contributed by atoms with Gasteiger partial charge >= 0.3 is 0 Å². The van der Waals surface area contributed by atoms with Crippen molar-refractivity contribution in [3.63, 3.8) is 0 Å². The molecule has 0 radical (unpaired) electrons. The normalized spacial score (nSPS) is 15.2. The maximum atomic E-state index is 5.10. The van der Waals surface area contributed by atoms with Crippen molar-refractivity contribution in [3.05, 3.63) is 59.8 Å². The number of guanidine groups is 1. The number of piperazine rings is 1. The van der Waals surface area contributed by atoms with Crippen molar-refractivity contribution in [1.29, 1.82) is 0 Å². The second-order valence-electron chi connectivity index (χ2n) is 6.36. The molecule has 146 valence electrons. The van der Waals surface area contributed by atoms with Crippen LogP contribution in [0.4, 0.5) is 0 Å². The number of methoxy groups -OCH3 is 1. The van der Waals surface area contributed by atoms with Gasteiger partial charge in [0.15, 0.2) is 5.96 Å². The highest BCUT2D eigenvalue weighted by molar-refractivity contribution is 14.0. The van der Waals surface area contributed by atoms with Crippen molar-refractivity contribution in [3.8, 4) is 5.88 Å². The quantitative estimate of drug-likeness (QED) is 0.405. The highest BCUT2D eigenvalue weighted by atomic mass is 127. The van der Waals surface area contributed by atoms with Gasteiger partial charge < -0.3 is 15.0 Å². The van der Waals surface area contributed by atoms with Crippen LogP contribution in [-0.2, 0) is 13.1 Å². The molecule has 1 fully saturated rings. The van der Waals surface area contributed by atoms with Gasteiger partial charge in [-0.25, -0.2) is 4.98 Å². The number of hydrogen-bond donors (Lipinski definition) is 1. The van der Waals surface area contributed by atoms with Gasteiger partial charge in [0, 0.05) is 58.6 Å². The van der Waals surface area contributed by atoms with E-state index >= 15 is 0 Å². The molecular weight excluding hydrogens is 453 g/mol. The molecule has 2 aromatic rings. The van der Waals surface area contributed by atoms with Crippen LogP contribution in [0, 0.1) is 0 Å². The molecule has 1 saturated heterocycles. The molecule has 0 spiro atoms. The second-order valence-corrected chi connectivity index (χ2v) is 6.36. The summed E-state index contributed by atoms with van der Waals surface area (Å²) in [4.78, 5) is 13.5. The van der Waals surface area contributed by atoms with Gasteiger partial charge in [-0.15, -0.1) is 24.0 Å². The Balaban J connectivity index is 0.00000261. The molecule has 27 heavy (non-hydrogen) atoms. The molecule has 1 aromatic heterocycles. The third-order valence-electron chi connectivity index (χ3n) is 4.59. The summed E-state index contributed by atoms with van der Waals surface area (Å²) >= 11 is 0. The zero-order valence-corrected chi connectivity index (χ0v) is 18.3. The number of halogens is 1. The van der Waals surface area contributed by atoms with Gasteiger partial charge in [-0.2, -0.15) is 0 Å². The molecule has 1 aliphatic rings. The Bertz CT molecular complexity index is 700. The van der Waals surface area contributed by atoms with Gasteiger partial charge in [0.1, 0.15) is 0 Å². The Morgan fingerprint density at radius 3 is 2.41 bits per heavy atom. The number of rotatable bonds is 5. The monoisotopic (exact) mass is 481 g/mol. The average molecular weight is 481 g/mol. The van der Waals surface area contributed by atoms with Crippen molar-refractivity contribution in [2.24, 2.45) is 4.99 Å². The molecule has 0 saturated carbocycles. The Morgan fingerprint density at radius 2 is 1.81 bits per heavy atom. The fourth-order valence-corrected chi connectivity index (χ4v) is 3.11. The lowest BCUT2D eigenvalue weighted by molar-refractivity contribution is 0.172. The Kier molecular flexibility index (Phi) is 8.80. The molecule has 0 bridgehead atoms. The molecule has 0 atom stereocenters. The van der Waals surface area contributed by atoms with E-state index in [-0.39, 0.29) is 24.0 Å². The third kappa shape index (κ3) is 6.35. The summed E-state index contributed by atoms with van der Waals surface area (Å²) in [6, 6.07) is 14.5. The number of benzene rings is 1. The summed E-state index contributed by atoms with van der Waals surface area (Å²) < 4.78 is 5.10. The lowest BCUT2D eigenvalue weighted by Crippen LogP contribution is -2.52. The van der Waals surface area contributed by atoms with Crippen LogP contribution >= 0.6 is 24.0 Å². The zero-order chi connectivity index (χ0) is 18.2. The zero-order valence-electron chi connectivity index (χ0n) is 16.0. The minimum absolute atomic E-state index is 0. The van der Waals surface area contributed by atoms with Gasteiger partial charge in [0.25, 0.3) is 0 Å². The van der Waals surface area contributed by atoms with Crippen LogP contribution in [-0.4, -0.2) is 61.1 Å². The van der Waals surface area contributed by atoms with Gasteiger partial charge in [-0.05, 0) is 11.1 Å². The van der Waals surface area contributed by atoms with Gasteiger partial charge in [-0.1, -0.05) is 36.4 Å². The lowest BCUT2D eigenvalue weighted by Gasteiger charge is -2.36. The second kappa shape index (κ2) is 11.1. The van der Waals surface area contributed by atoms with E-state index in [9.17, 15) is 0 Å². The van der Waals surface area contributed by atoms with E-state index in [4.69, 9.17) is 4.74 Å². The highest BCUT2D eigenvalue weighted by Gasteiger charge is 2.19. The van der Waals surface area contributed by atoms with Crippen LogP contribution in [0.2, 0.25) is 0 Å². The SMILES string of the molecule is CN=C(NCc1ccc(OC)nc1)N1CCN(Cc2ccccc2)CC1.I. The summed E-state index contributed by atoms with van der Waals surface area (Å²) in [6.45, 7) is 5.76. The first-order valence-electron chi connectivity index (χ1n) is 8.99. The first-order chi connectivity index (χ1) is 12.8.